The van der Waals surface area contributed by atoms with E-state index in [4.69, 9.17) is 17.3 Å². The number of β-lactam (4-membered cyclic amide) rings is 1. The van der Waals surface area contributed by atoms with E-state index in [0.29, 0.717) is 10.8 Å². The molecule has 0 spiro atoms. The van der Waals surface area contributed by atoms with Crippen LogP contribution >= 0.6 is 22.9 Å². The fourth-order valence-electron chi connectivity index (χ4n) is 3.81. The standard InChI is InChI=1S/C23H22ClN5O3S/c1-28(19-6-3-9-33-19)22(31)20-17(11-14-7-8-26-18(25)12-14)21(30)29(20)23(32)27-13-15-4-2-5-16(24)10-15/h2-10,12,17,20H,11,13H2,1H3,(H2,25,26)(H,27,32)/t17-,20+/m1/s1. The normalized spacial score (nSPS) is 17.4. The van der Waals surface area contributed by atoms with Gasteiger partial charge in [0, 0.05) is 24.8 Å². The second kappa shape index (κ2) is 9.60. The number of nitrogens with one attached hydrogen (secondary N) is 1. The summed E-state index contributed by atoms with van der Waals surface area (Å²) in [6.45, 7) is 0.177. The lowest BCUT2D eigenvalue weighted by Gasteiger charge is -2.45. The van der Waals surface area contributed by atoms with Crippen molar-refractivity contribution in [2.45, 2.75) is 19.0 Å². The summed E-state index contributed by atoms with van der Waals surface area (Å²) in [7, 11) is 1.64. The fraction of sp³-hybridized carbons (Fsp3) is 0.217. The smallest absolute Gasteiger partial charge is 0.325 e. The molecule has 0 aliphatic carbocycles. The van der Waals surface area contributed by atoms with Gasteiger partial charge in [-0.2, -0.15) is 0 Å². The zero-order chi connectivity index (χ0) is 23.5. The van der Waals surface area contributed by atoms with Crippen LogP contribution in [0.1, 0.15) is 11.1 Å². The molecule has 8 nitrogen and oxygen atoms in total. The molecular formula is C23H22ClN5O3S. The molecule has 1 fully saturated rings. The third kappa shape index (κ3) is 4.84. The number of anilines is 2. The van der Waals surface area contributed by atoms with Crippen LogP contribution in [-0.2, 0) is 22.6 Å². The molecule has 1 aliphatic rings. The molecule has 2 atom stereocenters. The molecular weight excluding hydrogens is 462 g/mol. The van der Waals surface area contributed by atoms with Gasteiger partial charge in [-0.25, -0.2) is 9.78 Å². The van der Waals surface area contributed by atoms with E-state index < -0.39 is 23.9 Å². The molecule has 1 aliphatic heterocycles. The minimum atomic E-state index is -0.932. The summed E-state index contributed by atoms with van der Waals surface area (Å²) in [6.07, 6.45) is 1.83. The Morgan fingerprint density at radius 2 is 2.03 bits per heavy atom. The predicted octanol–water partition coefficient (Wildman–Crippen LogP) is 3.32. The van der Waals surface area contributed by atoms with E-state index in [-0.39, 0.29) is 18.9 Å². The number of urea groups is 1. The summed E-state index contributed by atoms with van der Waals surface area (Å²) in [4.78, 5) is 45.8. The number of hydrogen-bond acceptors (Lipinski definition) is 6. The third-order valence-electron chi connectivity index (χ3n) is 5.49. The number of imide groups is 1. The lowest BCUT2D eigenvalue weighted by molar-refractivity contribution is -0.156. The number of hydrogen-bond donors (Lipinski definition) is 2. The largest absolute Gasteiger partial charge is 0.384 e. The Balaban J connectivity index is 1.54. The summed E-state index contributed by atoms with van der Waals surface area (Å²) in [6, 6.07) is 12.6. The van der Waals surface area contributed by atoms with E-state index in [9.17, 15) is 14.4 Å². The highest BCUT2D eigenvalue weighted by atomic mass is 35.5. The van der Waals surface area contributed by atoms with E-state index >= 15 is 0 Å². The summed E-state index contributed by atoms with van der Waals surface area (Å²) in [5.74, 6) is -1.10. The molecule has 0 unspecified atom stereocenters. The minimum Gasteiger partial charge on any atom is -0.384 e. The van der Waals surface area contributed by atoms with Crippen LogP contribution in [0.25, 0.3) is 0 Å². The van der Waals surface area contributed by atoms with Crippen molar-refractivity contribution in [1.29, 1.82) is 0 Å². The van der Waals surface area contributed by atoms with Gasteiger partial charge in [-0.05, 0) is 59.3 Å². The van der Waals surface area contributed by atoms with Crippen molar-refractivity contribution in [3.05, 3.63) is 76.3 Å². The Morgan fingerprint density at radius 1 is 1.21 bits per heavy atom. The number of halogens is 1. The SMILES string of the molecule is CN(C(=O)[C@@H]1[C@@H](Cc2ccnc(N)c2)C(=O)N1C(=O)NCc1cccc(Cl)c1)c1cccs1. The van der Waals surface area contributed by atoms with Gasteiger partial charge in [-0.3, -0.25) is 14.5 Å². The van der Waals surface area contributed by atoms with Gasteiger partial charge >= 0.3 is 6.03 Å². The third-order valence-corrected chi connectivity index (χ3v) is 6.67. The molecule has 1 saturated heterocycles. The number of benzene rings is 1. The van der Waals surface area contributed by atoms with E-state index in [0.717, 1.165) is 21.0 Å². The molecule has 1 aromatic carbocycles. The molecule has 0 saturated carbocycles. The second-order valence-electron chi connectivity index (χ2n) is 7.69. The molecule has 2 aromatic heterocycles. The Hall–Kier alpha value is -3.43. The monoisotopic (exact) mass is 483 g/mol. The zero-order valence-electron chi connectivity index (χ0n) is 17.8. The van der Waals surface area contributed by atoms with E-state index in [1.165, 1.54) is 16.2 Å². The van der Waals surface area contributed by atoms with Crippen LogP contribution in [0, 0.1) is 5.92 Å². The van der Waals surface area contributed by atoms with Crippen molar-refractivity contribution in [2.75, 3.05) is 17.7 Å². The average Bonchev–Trinajstić information content (AvgIpc) is 3.33. The number of pyridine rings is 1. The number of thiophene rings is 1. The quantitative estimate of drug-likeness (QED) is 0.523. The molecule has 4 amide bonds. The maximum atomic E-state index is 13.4. The molecule has 33 heavy (non-hydrogen) atoms. The number of rotatable bonds is 6. The van der Waals surface area contributed by atoms with Gasteiger partial charge in [0.25, 0.3) is 5.91 Å². The number of nitrogen functional groups attached to an aromatic ring is 1. The number of aromatic nitrogens is 1. The molecule has 3 aromatic rings. The molecule has 0 radical (unpaired) electrons. The van der Waals surface area contributed by atoms with Crippen LogP contribution in [0.5, 0.6) is 0 Å². The highest BCUT2D eigenvalue weighted by Crippen LogP contribution is 2.33. The van der Waals surface area contributed by atoms with Crippen molar-refractivity contribution >= 4 is 51.6 Å². The van der Waals surface area contributed by atoms with E-state index in [1.807, 2.05) is 23.6 Å². The van der Waals surface area contributed by atoms with Crippen molar-refractivity contribution in [3.63, 3.8) is 0 Å². The maximum absolute atomic E-state index is 13.4. The second-order valence-corrected chi connectivity index (χ2v) is 9.05. The number of amides is 4. The first-order valence-corrected chi connectivity index (χ1v) is 11.5. The molecule has 3 N–H and O–H groups in total. The van der Waals surface area contributed by atoms with Crippen LogP contribution in [0.2, 0.25) is 5.02 Å². The fourth-order valence-corrected chi connectivity index (χ4v) is 4.72. The number of carbonyl (C=O) groups excluding carboxylic acids is 3. The van der Waals surface area contributed by atoms with Crippen molar-refractivity contribution < 1.29 is 14.4 Å². The summed E-state index contributed by atoms with van der Waals surface area (Å²) < 4.78 is 0. The van der Waals surface area contributed by atoms with Crippen LogP contribution in [0.3, 0.4) is 0 Å². The number of nitrogens with two attached hydrogens (primary N) is 1. The van der Waals surface area contributed by atoms with Gasteiger partial charge in [0.1, 0.15) is 11.9 Å². The predicted molar refractivity (Wildman–Crippen MR) is 128 cm³/mol. The van der Waals surface area contributed by atoms with Gasteiger partial charge in [0.15, 0.2) is 0 Å². The number of carbonyl (C=O) groups is 3. The van der Waals surface area contributed by atoms with Gasteiger partial charge in [-0.15, -0.1) is 11.3 Å². The molecule has 3 heterocycles. The molecule has 170 valence electrons. The Kier molecular flexibility index (Phi) is 6.62. The Bertz CT molecular complexity index is 1180. The Labute approximate surface area is 200 Å². The Morgan fingerprint density at radius 3 is 2.73 bits per heavy atom. The van der Waals surface area contributed by atoms with Gasteiger partial charge < -0.3 is 16.0 Å². The van der Waals surface area contributed by atoms with Crippen molar-refractivity contribution in [2.24, 2.45) is 5.92 Å². The van der Waals surface area contributed by atoms with E-state index in [1.54, 1.807) is 43.6 Å². The maximum Gasteiger partial charge on any atom is 0.325 e. The van der Waals surface area contributed by atoms with Crippen LogP contribution in [0.15, 0.2) is 60.1 Å². The first kappa shape index (κ1) is 22.8. The highest BCUT2D eigenvalue weighted by molar-refractivity contribution is 7.14. The lowest BCUT2D eigenvalue weighted by Crippen LogP contribution is -2.70. The summed E-state index contributed by atoms with van der Waals surface area (Å²) in [5.41, 5.74) is 7.32. The van der Waals surface area contributed by atoms with Crippen LogP contribution in [0.4, 0.5) is 15.6 Å². The lowest BCUT2D eigenvalue weighted by atomic mass is 9.82. The summed E-state index contributed by atoms with van der Waals surface area (Å²) >= 11 is 7.40. The van der Waals surface area contributed by atoms with Crippen LogP contribution < -0.4 is 16.0 Å². The number of nitrogens with zero attached hydrogens (tertiary/aromatic N) is 3. The van der Waals surface area contributed by atoms with Crippen molar-refractivity contribution in [1.82, 2.24) is 15.2 Å². The molecule has 4 rings (SSSR count). The number of likely N-dealkylation sites (N-methyl/N-ethyl adjacent to an activating group) is 1. The van der Waals surface area contributed by atoms with Gasteiger partial charge in [0.2, 0.25) is 5.91 Å². The van der Waals surface area contributed by atoms with E-state index in [2.05, 4.69) is 10.3 Å². The van der Waals surface area contributed by atoms with Crippen LogP contribution in [-0.4, -0.2) is 40.8 Å². The van der Waals surface area contributed by atoms with Gasteiger partial charge in [0.05, 0.1) is 10.9 Å². The zero-order valence-corrected chi connectivity index (χ0v) is 19.3. The topological polar surface area (TPSA) is 109 Å². The average molecular weight is 484 g/mol. The van der Waals surface area contributed by atoms with Gasteiger partial charge in [-0.1, -0.05) is 23.7 Å². The first-order valence-electron chi connectivity index (χ1n) is 10.2. The first-order chi connectivity index (χ1) is 15.8. The number of likely N-dealkylation sites (tertiary alicyclic amines) is 1. The molecule has 10 heteroatoms. The summed E-state index contributed by atoms with van der Waals surface area (Å²) in [5, 5.41) is 5.85. The minimum absolute atomic E-state index is 0.177. The highest BCUT2D eigenvalue weighted by Gasteiger charge is 2.55. The van der Waals surface area contributed by atoms with Crippen molar-refractivity contribution in [3.8, 4) is 0 Å². The molecule has 0 bridgehead atoms.